The van der Waals surface area contributed by atoms with Gasteiger partial charge in [0.15, 0.2) is 5.84 Å². The molecule has 0 radical (unpaired) electrons. The van der Waals surface area contributed by atoms with Crippen LogP contribution < -0.4 is 0 Å². The Morgan fingerprint density at radius 1 is 0.379 bits per heavy atom. The number of pyridine rings is 1. The largest absolute Gasteiger partial charge is 0.264 e. The van der Waals surface area contributed by atoms with Gasteiger partial charge in [-0.25, -0.2) is 4.99 Å². The Hall–Kier alpha value is -7.49. The van der Waals surface area contributed by atoms with Gasteiger partial charge in [0.05, 0.1) is 11.8 Å². The van der Waals surface area contributed by atoms with Crippen LogP contribution in [0.1, 0.15) is 29.2 Å². The van der Waals surface area contributed by atoms with Crippen molar-refractivity contribution in [1.29, 1.82) is 0 Å². The molecule has 58 heavy (non-hydrogen) atoms. The van der Waals surface area contributed by atoms with Gasteiger partial charge in [0, 0.05) is 24.4 Å². The zero-order valence-electron chi connectivity index (χ0n) is 31.8. The molecule has 11 rings (SSSR count). The third-order valence-corrected chi connectivity index (χ3v) is 11.7. The summed E-state index contributed by atoms with van der Waals surface area (Å²) in [4.78, 5) is 15.0. The summed E-state index contributed by atoms with van der Waals surface area (Å²) in [5.74, 6) is 0.750. The molecule has 9 aromatic carbocycles. The van der Waals surface area contributed by atoms with Gasteiger partial charge in [-0.15, -0.1) is 0 Å². The highest BCUT2D eigenvalue weighted by molar-refractivity contribution is 6.25. The predicted molar refractivity (Wildman–Crippen MR) is 244 cm³/mol. The summed E-state index contributed by atoms with van der Waals surface area (Å²) in [5, 5.41) is 10.1. The highest BCUT2D eigenvalue weighted by Crippen LogP contribution is 2.38. The molecule has 10 aromatic rings. The van der Waals surface area contributed by atoms with E-state index in [1.54, 1.807) is 0 Å². The van der Waals surface area contributed by atoms with E-state index in [1.807, 2.05) is 18.5 Å². The van der Waals surface area contributed by atoms with Gasteiger partial charge < -0.3 is 0 Å². The first kappa shape index (κ1) is 33.8. The predicted octanol–water partition coefficient (Wildman–Crippen LogP) is 14.1. The smallest absolute Gasteiger partial charge is 0.155 e. The molecular weight excluding hydrogens is 703 g/mol. The van der Waals surface area contributed by atoms with E-state index in [9.17, 15) is 0 Å². The second kappa shape index (κ2) is 14.2. The Labute approximate surface area is 337 Å². The molecule has 2 heterocycles. The van der Waals surface area contributed by atoms with Crippen LogP contribution in [0.4, 0.5) is 0 Å². The Morgan fingerprint density at radius 3 is 1.69 bits per heavy atom. The first-order chi connectivity index (χ1) is 28.7. The highest BCUT2D eigenvalue weighted by atomic mass is 15.0. The van der Waals surface area contributed by atoms with E-state index in [4.69, 9.17) is 9.98 Å². The van der Waals surface area contributed by atoms with Crippen molar-refractivity contribution in [3.63, 3.8) is 0 Å². The van der Waals surface area contributed by atoms with Crippen LogP contribution in [-0.4, -0.2) is 16.5 Å². The minimum atomic E-state index is -0.0906. The standard InChI is InChI=1S/C55H37N3/c1-2-15-45-37(10-1)11-8-20-46(45)38-23-27-40(28-24-38)54-34-53(39-25-21-36(22-26-39)44-14-9-31-56-35-44)57-55(58-54)43-13-7-12-41(32-43)42-29-30-51-49-18-4-3-16-47(49)48-17-5-6-19-50(48)52(51)33-42/h1-33,35,53H,34H2. The number of aromatic nitrogens is 1. The Bertz CT molecular complexity index is 3190. The molecule has 3 heteroatoms. The summed E-state index contributed by atoms with van der Waals surface area (Å²) >= 11 is 0. The average molecular weight is 740 g/mol. The fourth-order valence-corrected chi connectivity index (χ4v) is 8.77. The summed E-state index contributed by atoms with van der Waals surface area (Å²) in [6.45, 7) is 0. The lowest BCUT2D eigenvalue weighted by Crippen LogP contribution is -2.17. The molecule has 0 spiro atoms. The topological polar surface area (TPSA) is 37.6 Å². The maximum atomic E-state index is 5.38. The molecule has 0 saturated heterocycles. The normalized spacial score (nSPS) is 14.2. The van der Waals surface area contributed by atoms with Crippen molar-refractivity contribution in [3.05, 3.63) is 223 Å². The van der Waals surface area contributed by atoms with Crippen LogP contribution in [0.15, 0.2) is 217 Å². The van der Waals surface area contributed by atoms with Gasteiger partial charge in [-0.05, 0) is 106 Å². The monoisotopic (exact) mass is 739 g/mol. The molecule has 0 aliphatic carbocycles. The summed E-state index contributed by atoms with van der Waals surface area (Å²) in [7, 11) is 0. The molecule has 0 saturated carbocycles. The lowest BCUT2D eigenvalue weighted by atomic mass is 9.91. The maximum Gasteiger partial charge on any atom is 0.155 e. The van der Waals surface area contributed by atoms with Gasteiger partial charge in [0.25, 0.3) is 0 Å². The molecule has 1 aliphatic heterocycles. The van der Waals surface area contributed by atoms with Crippen molar-refractivity contribution in [2.75, 3.05) is 0 Å². The number of rotatable bonds is 6. The summed E-state index contributed by atoms with van der Waals surface area (Å²) in [5.41, 5.74) is 11.3. The molecule has 1 unspecified atom stereocenters. The summed E-state index contributed by atoms with van der Waals surface area (Å²) in [6.07, 6.45) is 4.42. The van der Waals surface area contributed by atoms with E-state index >= 15 is 0 Å². The van der Waals surface area contributed by atoms with Crippen molar-refractivity contribution < 1.29 is 0 Å². The van der Waals surface area contributed by atoms with Crippen LogP contribution >= 0.6 is 0 Å². The van der Waals surface area contributed by atoms with Crippen LogP contribution in [-0.2, 0) is 0 Å². The van der Waals surface area contributed by atoms with E-state index in [0.717, 1.165) is 44.9 Å². The van der Waals surface area contributed by atoms with Crippen LogP contribution in [0.5, 0.6) is 0 Å². The lowest BCUT2D eigenvalue weighted by molar-refractivity contribution is 0.754. The second-order valence-corrected chi connectivity index (χ2v) is 15.1. The van der Waals surface area contributed by atoms with E-state index < -0.39 is 0 Å². The molecule has 0 amide bonds. The Kier molecular flexibility index (Phi) is 8.29. The van der Waals surface area contributed by atoms with E-state index in [-0.39, 0.29) is 6.04 Å². The molecule has 3 nitrogen and oxygen atoms in total. The number of fused-ring (bicyclic) bond motifs is 7. The Balaban J connectivity index is 0.996. The van der Waals surface area contributed by atoms with E-state index in [1.165, 1.54) is 59.8 Å². The third kappa shape index (κ3) is 6.05. The molecule has 0 N–H and O–H groups in total. The first-order valence-electron chi connectivity index (χ1n) is 19.9. The van der Waals surface area contributed by atoms with E-state index in [0.29, 0.717) is 6.42 Å². The molecule has 1 atom stereocenters. The number of hydrogen-bond acceptors (Lipinski definition) is 3. The number of benzene rings is 9. The summed E-state index contributed by atoms with van der Waals surface area (Å²) < 4.78 is 0. The van der Waals surface area contributed by atoms with Crippen LogP contribution in [0, 0.1) is 0 Å². The average Bonchev–Trinajstić information content (AvgIpc) is 3.31. The molecule has 1 aromatic heterocycles. The number of amidine groups is 1. The first-order valence-corrected chi connectivity index (χ1v) is 19.9. The van der Waals surface area contributed by atoms with Gasteiger partial charge in [-0.2, -0.15) is 0 Å². The number of aliphatic imine (C=N–C) groups is 2. The minimum Gasteiger partial charge on any atom is -0.264 e. The van der Waals surface area contributed by atoms with Gasteiger partial charge in [0.2, 0.25) is 0 Å². The molecule has 0 bridgehead atoms. The zero-order valence-corrected chi connectivity index (χ0v) is 31.8. The fraction of sp³-hybridized carbons (Fsp3) is 0.0364. The van der Waals surface area contributed by atoms with Gasteiger partial charge in [0.1, 0.15) is 0 Å². The quantitative estimate of drug-likeness (QED) is 0.156. The zero-order chi connectivity index (χ0) is 38.4. The fourth-order valence-electron chi connectivity index (χ4n) is 8.77. The molecule has 272 valence electrons. The van der Waals surface area contributed by atoms with Crippen LogP contribution in [0.25, 0.3) is 76.5 Å². The molecular formula is C55H37N3. The molecule has 0 fully saturated rings. The second-order valence-electron chi connectivity index (χ2n) is 15.1. The van der Waals surface area contributed by atoms with Crippen LogP contribution in [0.2, 0.25) is 0 Å². The molecule has 1 aliphatic rings. The van der Waals surface area contributed by atoms with Gasteiger partial charge in [-0.1, -0.05) is 176 Å². The SMILES string of the molecule is c1cncc(-c2ccc(C3CC(c4ccc(-c5cccc6ccccc56)cc4)=NC(c4cccc(-c5ccc6c7ccccc7c7ccccc7c6c5)c4)=N3)cc2)c1. The van der Waals surface area contributed by atoms with Crippen molar-refractivity contribution >= 4 is 54.6 Å². The highest BCUT2D eigenvalue weighted by Gasteiger charge is 2.23. The van der Waals surface area contributed by atoms with Crippen molar-refractivity contribution in [2.45, 2.75) is 12.5 Å². The third-order valence-electron chi connectivity index (χ3n) is 11.7. The Morgan fingerprint density at radius 2 is 0.948 bits per heavy atom. The maximum absolute atomic E-state index is 5.38. The van der Waals surface area contributed by atoms with Crippen molar-refractivity contribution in [1.82, 2.24) is 4.98 Å². The van der Waals surface area contributed by atoms with E-state index in [2.05, 4.69) is 193 Å². The lowest BCUT2D eigenvalue weighted by Gasteiger charge is -2.22. The van der Waals surface area contributed by atoms with Crippen molar-refractivity contribution in [2.24, 2.45) is 9.98 Å². The van der Waals surface area contributed by atoms with Gasteiger partial charge >= 0.3 is 0 Å². The van der Waals surface area contributed by atoms with Crippen molar-refractivity contribution in [3.8, 4) is 33.4 Å². The number of hydrogen-bond donors (Lipinski definition) is 0. The van der Waals surface area contributed by atoms with Gasteiger partial charge in [-0.3, -0.25) is 9.98 Å². The number of nitrogens with zero attached hydrogens (tertiary/aromatic N) is 3. The minimum absolute atomic E-state index is 0.0906. The summed E-state index contributed by atoms with van der Waals surface area (Å²) in [6, 6.07) is 69.9. The van der Waals surface area contributed by atoms with Crippen LogP contribution in [0.3, 0.4) is 0 Å².